The number of benzene rings is 3. The van der Waals surface area contributed by atoms with Crippen LogP contribution in [0, 0.1) is 0 Å². The van der Waals surface area contributed by atoms with Gasteiger partial charge in [-0.1, -0.05) is 30.3 Å². The number of aromatic hydroxyl groups is 1. The van der Waals surface area contributed by atoms with E-state index in [-0.39, 0.29) is 10.9 Å². The molecule has 0 spiro atoms. The molecule has 0 bridgehead atoms. The first-order valence-electron chi connectivity index (χ1n) is 8.24. The van der Waals surface area contributed by atoms with Crippen LogP contribution in [0.5, 0.6) is 11.5 Å². The summed E-state index contributed by atoms with van der Waals surface area (Å²) in [5.41, 5.74) is 0. The van der Waals surface area contributed by atoms with Gasteiger partial charge in [0.05, 0.1) is 0 Å². The first kappa shape index (κ1) is 17.4. The van der Waals surface area contributed by atoms with E-state index < -0.39 is 0 Å². The lowest BCUT2D eigenvalue weighted by Crippen LogP contribution is -2.15. The van der Waals surface area contributed by atoms with Gasteiger partial charge >= 0.3 is 0 Å². The van der Waals surface area contributed by atoms with Crippen LogP contribution in [0.3, 0.4) is 0 Å². The predicted molar refractivity (Wildman–Crippen MR) is 103 cm³/mol. The molecule has 128 valence electrons. The summed E-state index contributed by atoms with van der Waals surface area (Å²) in [6.45, 7) is 1.45. The van der Waals surface area contributed by atoms with Crippen molar-refractivity contribution in [3.05, 3.63) is 78.9 Å². The van der Waals surface area contributed by atoms with Crippen LogP contribution in [0.4, 0.5) is 0 Å². The third-order valence-electron chi connectivity index (χ3n) is 3.74. The van der Waals surface area contributed by atoms with Gasteiger partial charge in [0.25, 0.3) is 0 Å². The van der Waals surface area contributed by atoms with Crippen molar-refractivity contribution in [3.63, 3.8) is 0 Å². The van der Waals surface area contributed by atoms with Gasteiger partial charge in [-0.05, 0) is 55.6 Å². The first-order valence-corrected chi connectivity index (χ1v) is 9.47. The molecule has 0 aliphatic rings. The number of phenolic OH excluding ortho intramolecular Hbond substituents is 1. The molecule has 0 aromatic heterocycles. The molecule has 0 heterocycles. The molecule has 25 heavy (non-hydrogen) atoms. The fourth-order valence-corrected chi connectivity index (χ4v) is 4.63. The van der Waals surface area contributed by atoms with E-state index in [4.69, 9.17) is 4.74 Å². The minimum absolute atomic E-state index is 0.323. The quantitative estimate of drug-likeness (QED) is 0.497. The molecule has 1 unspecified atom stereocenters. The summed E-state index contributed by atoms with van der Waals surface area (Å²) in [6.07, 6.45) is 0. The van der Waals surface area contributed by atoms with E-state index in [2.05, 4.69) is 29.6 Å². The summed E-state index contributed by atoms with van der Waals surface area (Å²) < 4.78 is 5.71. The third kappa shape index (κ3) is 4.35. The first-order chi connectivity index (χ1) is 12.3. The molecule has 2 N–H and O–H groups in total. The molecular weight excluding hydrogens is 330 g/mol. The summed E-state index contributed by atoms with van der Waals surface area (Å²) in [6, 6.07) is 26.0. The van der Waals surface area contributed by atoms with Gasteiger partial charge in [0.15, 0.2) is 15.5 Å². The van der Waals surface area contributed by atoms with Crippen molar-refractivity contribution in [2.45, 2.75) is 14.7 Å². The van der Waals surface area contributed by atoms with Crippen molar-refractivity contribution in [1.82, 2.24) is 5.32 Å². The van der Waals surface area contributed by atoms with E-state index in [0.29, 0.717) is 12.4 Å². The molecule has 4 heteroatoms. The smallest absolute Gasteiger partial charge is 0.208 e. The number of para-hydroxylation sites is 1. The van der Waals surface area contributed by atoms with Gasteiger partial charge in [-0.15, -0.1) is 0 Å². The van der Waals surface area contributed by atoms with Gasteiger partial charge in [0, 0.05) is 6.54 Å². The van der Waals surface area contributed by atoms with Gasteiger partial charge in [-0.3, -0.25) is 0 Å². The number of rotatable bonds is 7. The molecule has 0 radical (unpaired) electrons. The Hall–Kier alpha value is -2.43. The van der Waals surface area contributed by atoms with Crippen LogP contribution in [0.2, 0.25) is 0 Å². The molecule has 0 saturated heterocycles. The highest BCUT2D eigenvalue weighted by Gasteiger charge is 2.31. The van der Waals surface area contributed by atoms with Gasteiger partial charge in [0.2, 0.25) is 4.90 Å². The minimum atomic E-state index is -0.360. The summed E-state index contributed by atoms with van der Waals surface area (Å²) in [5.74, 6) is 1.18. The maximum atomic E-state index is 10.4. The molecule has 3 nitrogen and oxygen atoms in total. The second-order valence-electron chi connectivity index (χ2n) is 5.51. The van der Waals surface area contributed by atoms with Gasteiger partial charge < -0.3 is 15.2 Å². The predicted octanol–water partition coefficient (Wildman–Crippen LogP) is 4.09. The summed E-state index contributed by atoms with van der Waals surface area (Å²) in [5, 5.41) is 13.4. The van der Waals surface area contributed by atoms with E-state index in [0.717, 1.165) is 22.1 Å². The van der Waals surface area contributed by atoms with E-state index in [1.54, 1.807) is 6.07 Å². The van der Waals surface area contributed by atoms with Crippen LogP contribution in [0.15, 0.2) is 93.5 Å². The minimum Gasteiger partial charge on any atom is -0.503 e. The van der Waals surface area contributed by atoms with Crippen molar-refractivity contribution in [2.75, 3.05) is 20.2 Å². The average Bonchev–Trinajstić information content (AvgIpc) is 2.66. The zero-order chi connectivity index (χ0) is 17.5. The third-order valence-corrected chi connectivity index (χ3v) is 6.02. The number of hydrogen-bond acceptors (Lipinski definition) is 3. The Kier molecular flexibility index (Phi) is 5.99. The van der Waals surface area contributed by atoms with Gasteiger partial charge in [-0.2, -0.15) is 0 Å². The lowest BCUT2D eigenvalue weighted by atomic mass is 10.3. The number of likely N-dealkylation sites (N-methyl/N-ethyl adjacent to an activating group) is 1. The number of hydrogen-bond donors (Lipinski definition) is 2. The van der Waals surface area contributed by atoms with Crippen LogP contribution < -0.4 is 10.1 Å². The van der Waals surface area contributed by atoms with E-state index in [1.807, 2.05) is 55.6 Å². The molecule has 0 aliphatic carbocycles. The SMILES string of the molecule is CNCCOc1ccc([S+](c2ccccc2)c2ccccc2O)cc1. The zero-order valence-electron chi connectivity index (χ0n) is 14.2. The summed E-state index contributed by atoms with van der Waals surface area (Å²) >= 11 is 0. The highest BCUT2D eigenvalue weighted by atomic mass is 32.2. The number of nitrogens with one attached hydrogen (secondary N) is 1. The van der Waals surface area contributed by atoms with Crippen molar-refractivity contribution in [2.24, 2.45) is 0 Å². The molecule has 1 atom stereocenters. The molecule has 3 aromatic rings. The Morgan fingerprint density at radius 2 is 1.48 bits per heavy atom. The Bertz CT molecular complexity index is 791. The zero-order valence-corrected chi connectivity index (χ0v) is 15.0. The second-order valence-corrected chi connectivity index (χ2v) is 7.51. The normalized spacial score (nSPS) is 11.9. The van der Waals surface area contributed by atoms with Crippen LogP contribution in [0.1, 0.15) is 0 Å². The second kappa shape index (κ2) is 8.60. The van der Waals surface area contributed by atoms with E-state index in [1.165, 1.54) is 4.90 Å². The fraction of sp³-hybridized carbons (Fsp3) is 0.143. The maximum Gasteiger partial charge on any atom is 0.208 e. The van der Waals surface area contributed by atoms with Crippen molar-refractivity contribution < 1.29 is 9.84 Å². The van der Waals surface area contributed by atoms with Crippen LogP contribution in [0.25, 0.3) is 0 Å². The van der Waals surface area contributed by atoms with Crippen molar-refractivity contribution in [3.8, 4) is 11.5 Å². The number of ether oxygens (including phenoxy) is 1. The summed E-state index contributed by atoms with van der Waals surface area (Å²) in [4.78, 5) is 3.25. The topological polar surface area (TPSA) is 41.5 Å². The maximum absolute atomic E-state index is 10.4. The average molecular weight is 352 g/mol. The van der Waals surface area contributed by atoms with E-state index >= 15 is 0 Å². The largest absolute Gasteiger partial charge is 0.503 e. The Labute approximate surface area is 151 Å². The lowest BCUT2D eigenvalue weighted by molar-refractivity contribution is 0.318. The van der Waals surface area contributed by atoms with Gasteiger partial charge in [0.1, 0.15) is 23.3 Å². The van der Waals surface area contributed by atoms with Crippen molar-refractivity contribution in [1.29, 1.82) is 0 Å². The molecule has 3 rings (SSSR count). The standard InChI is InChI=1S/C21H21NO2S/c1-22-15-16-24-17-11-13-19(14-12-17)25(18-7-3-2-4-8-18)21-10-6-5-9-20(21)23/h2-14,22H,15-16H2,1H3/p+1. The molecule has 0 saturated carbocycles. The highest BCUT2D eigenvalue weighted by molar-refractivity contribution is 7.97. The monoisotopic (exact) mass is 352 g/mol. The molecule has 0 amide bonds. The van der Waals surface area contributed by atoms with Gasteiger partial charge in [-0.25, -0.2) is 0 Å². The number of phenols is 1. The molecule has 3 aromatic carbocycles. The lowest BCUT2D eigenvalue weighted by Gasteiger charge is -2.10. The van der Waals surface area contributed by atoms with Crippen LogP contribution >= 0.6 is 0 Å². The summed E-state index contributed by atoms with van der Waals surface area (Å²) in [7, 11) is 1.55. The Morgan fingerprint density at radius 3 is 2.16 bits per heavy atom. The van der Waals surface area contributed by atoms with Crippen LogP contribution in [-0.2, 0) is 10.9 Å². The Morgan fingerprint density at radius 1 is 0.840 bits per heavy atom. The highest BCUT2D eigenvalue weighted by Crippen LogP contribution is 2.36. The van der Waals surface area contributed by atoms with Crippen molar-refractivity contribution >= 4 is 10.9 Å². The molecule has 0 aliphatic heterocycles. The Balaban J connectivity index is 1.94. The molecular formula is C21H22NO2S+. The molecule has 0 fully saturated rings. The fourth-order valence-electron chi connectivity index (χ4n) is 2.52. The van der Waals surface area contributed by atoms with Crippen LogP contribution in [-0.4, -0.2) is 25.3 Å². The van der Waals surface area contributed by atoms with E-state index in [9.17, 15) is 5.11 Å².